The minimum atomic E-state index is -1.11. The zero-order valence-electron chi connectivity index (χ0n) is 13.9. The molecular weight excluding hydrogens is 562 g/mol. The standard InChI is InChI=1S/C18H18I2N2O4/c1-10(21-12-5-3-2-4-6-12)17(24)22-15(18(25)26)9-11-7-13(19)16(23)14(20)8-11/h2-8,10,15,21,23H,9H2,1H3,(H,22,24)(H,25,26)/t10-,15-/m0/s1. The van der Waals surface area contributed by atoms with Crippen molar-refractivity contribution in [2.45, 2.75) is 25.4 Å². The molecule has 0 aromatic heterocycles. The van der Waals surface area contributed by atoms with Crippen LogP contribution in [-0.2, 0) is 16.0 Å². The van der Waals surface area contributed by atoms with Crippen LogP contribution in [0, 0.1) is 7.14 Å². The van der Waals surface area contributed by atoms with Crippen molar-refractivity contribution in [1.82, 2.24) is 5.32 Å². The number of aliphatic carboxylic acids is 1. The average molecular weight is 580 g/mol. The van der Waals surface area contributed by atoms with E-state index in [0.717, 1.165) is 11.3 Å². The third-order valence-electron chi connectivity index (χ3n) is 3.68. The molecule has 0 saturated heterocycles. The van der Waals surface area contributed by atoms with Gasteiger partial charge in [0.2, 0.25) is 5.91 Å². The number of para-hydroxylation sites is 1. The van der Waals surface area contributed by atoms with E-state index in [4.69, 9.17) is 0 Å². The van der Waals surface area contributed by atoms with Crippen molar-refractivity contribution in [3.8, 4) is 5.75 Å². The molecule has 0 unspecified atom stereocenters. The first-order valence-electron chi connectivity index (χ1n) is 7.79. The first-order valence-corrected chi connectivity index (χ1v) is 9.95. The maximum absolute atomic E-state index is 12.4. The van der Waals surface area contributed by atoms with Crippen molar-refractivity contribution in [2.75, 3.05) is 5.32 Å². The number of carboxylic acid groups (broad SMARTS) is 1. The number of amides is 1. The van der Waals surface area contributed by atoms with Gasteiger partial charge in [-0.2, -0.15) is 0 Å². The van der Waals surface area contributed by atoms with Crippen LogP contribution in [0.4, 0.5) is 5.69 Å². The first-order chi connectivity index (χ1) is 12.3. The number of phenols is 1. The van der Waals surface area contributed by atoms with Crippen LogP contribution in [0.25, 0.3) is 0 Å². The van der Waals surface area contributed by atoms with Crippen LogP contribution >= 0.6 is 45.2 Å². The molecule has 0 bridgehead atoms. The molecule has 0 aliphatic carbocycles. The van der Waals surface area contributed by atoms with E-state index in [0.29, 0.717) is 7.14 Å². The Hall–Kier alpha value is -1.56. The number of rotatable bonds is 7. The topological polar surface area (TPSA) is 98.7 Å². The second-order valence-corrected chi connectivity index (χ2v) is 8.07. The van der Waals surface area contributed by atoms with E-state index in [-0.39, 0.29) is 12.2 Å². The van der Waals surface area contributed by atoms with E-state index in [2.05, 4.69) is 10.6 Å². The third kappa shape index (κ3) is 5.73. The molecule has 6 nitrogen and oxygen atoms in total. The van der Waals surface area contributed by atoms with Crippen molar-refractivity contribution in [2.24, 2.45) is 0 Å². The molecule has 0 aliphatic rings. The summed E-state index contributed by atoms with van der Waals surface area (Å²) in [6, 6.07) is 11.0. The monoisotopic (exact) mass is 580 g/mol. The summed E-state index contributed by atoms with van der Waals surface area (Å²) in [6.45, 7) is 1.67. The van der Waals surface area contributed by atoms with E-state index in [1.54, 1.807) is 19.1 Å². The number of halogens is 2. The molecule has 0 saturated carbocycles. The predicted octanol–water partition coefficient (Wildman–Crippen LogP) is 3.21. The molecule has 2 atom stereocenters. The number of hydrogen-bond donors (Lipinski definition) is 4. The Morgan fingerprint density at radius 2 is 1.69 bits per heavy atom. The molecule has 4 N–H and O–H groups in total. The lowest BCUT2D eigenvalue weighted by atomic mass is 10.1. The van der Waals surface area contributed by atoms with Gasteiger partial charge >= 0.3 is 5.97 Å². The van der Waals surface area contributed by atoms with Crippen molar-refractivity contribution in [3.63, 3.8) is 0 Å². The summed E-state index contributed by atoms with van der Waals surface area (Å²) in [5.74, 6) is -1.33. The van der Waals surface area contributed by atoms with Gasteiger partial charge < -0.3 is 20.8 Å². The third-order valence-corrected chi connectivity index (χ3v) is 5.33. The minimum absolute atomic E-state index is 0.130. The fourth-order valence-corrected chi connectivity index (χ4v) is 4.22. The fraction of sp³-hybridized carbons (Fsp3) is 0.222. The van der Waals surface area contributed by atoms with Crippen LogP contribution in [0.15, 0.2) is 42.5 Å². The summed E-state index contributed by atoms with van der Waals surface area (Å²) >= 11 is 3.98. The maximum atomic E-state index is 12.4. The number of benzene rings is 2. The summed E-state index contributed by atoms with van der Waals surface area (Å²) < 4.78 is 1.28. The van der Waals surface area contributed by atoms with E-state index >= 15 is 0 Å². The number of carbonyl (C=O) groups excluding carboxylic acids is 1. The summed E-state index contributed by atoms with van der Waals surface area (Å²) in [4.78, 5) is 23.9. The van der Waals surface area contributed by atoms with E-state index in [1.807, 2.05) is 75.5 Å². The van der Waals surface area contributed by atoms with E-state index in [9.17, 15) is 19.8 Å². The van der Waals surface area contributed by atoms with Crippen LogP contribution in [0.1, 0.15) is 12.5 Å². The highest BCUT2D eigenvalue weighted by Gasteiger charge is 2.24. The fourth-order valence-electron chi connectivity index (χ4n) is 2.32. The van der Waals surface area contributed by atoms with Crippen molar-refractivity contribution >= 4 is 62.7 Å². The Labute approximate surface area is 178 Å². The Balaban J connectivity index is 2.05. The van der Waals surface area contributed by atoms with E-state index < -0.39 is 24.0 Å². The molecule has 1 amide bonds. The zero-order valence-corrected chi connectivity index (χ0v) is 18.2. The number of carboxylic acids is 1. The number of hydrogen-bond acceptors (Lipinski definition) is 4. The second-order valence-electron chi connectivity index (χ2n) is 5.74. The van der Waals surface area contributed by atoms with Gasteiger partial charge in [-0.3, -0.25) is 4.79 Å². The van der Waals surface area contributed by atoms with Gasteiger partial charge in [0.05, 0.1) is 7.14 Å². The van der Waals surface area contributed by atoms with Gasteiger partial charge in [0, 0.05) is 12.1 Å². The number of anilines is 1. The molecule has 0 aliphatic heterocycles. The van der Waals surface area contributed by atoms with Crippen LogP contribution in [-0.4, -0.2) is 34.2 Å². The summed E-state index contributed by atoms with van der Waals surface area (Å²) in [7, 11) is 0. The molecule has 2 rings (SSSR count). The number of phenolic OH excluding ortho intramolecular Hbond substituents is 1. The Kier molecular flexibility index (Phi) is 7.50. The Bertz CT molecular complexity index is 776. The predicted molar refractivity (Wildman–Crippen MR) is 116 cm³/mol. The van der Waals surface area contributed by atoms with Gasteiger partial charge in [-0.1, -0.05) is 18.2 Å². The lowest BCUT2D eigenvalue weighted by Crippen LogP contribution is -2.47. The molecular formula is C18H18I2N2O4. The molecule has 0 radical (unpaired) electrons. The highest BCUT2D eigenvalue weighted by molar-refractivity contribution is 14.1. The summed E-state index contributed by atoms with van der Waals surface area (Å²) in [5, 5.41) is 24.9. The number of aromatic hydroxyl groups is 1. The lowest BCUT2D eigenvalue weighted by molar-refractivity contribution is -0.141. The van der Waals surface area contributed by atoms with Gasteiger partial charge in [-0.05, 0) is 81.9 Å². The highest BCUT2D eigenvalue weighted by atomic mass is 127. The maximum Gasteiger partial charge on any atom is 0.326 e. The smallest absolute Gasteiger partial charge is 0.326 e. The van der Waals surface area contributed by atoms with Crippen molar-refractivity contribution < 1.29 is 19.8 Å². The second kappa shape index (κ2) is 9.40. The molecule has 138 valence electrons. The largest absolute Gasteiger partial charge is 0.506 e. The first kappa shape index (κ1) is 20.7. The van der Waals surface area contributed by atoms with Gasteiger partial charge in [0.15, 0.2) is 0 Å². The van der Waals surface area contributed by atoms with Crippen LogP contribution in [0.2, 0.25) is 0 Å². The normalized spacial score (nSPS) is 12.9. The minimum Gasteiger partial charge on any atom is -0.506 e. The van der Waals surface area contributed by atoms with Crippen molar-refractivity contribution in [3.05, 3.63) is 55.2 Å². The number of carbonyl (C=O) groups is 2. The van der Waals surface area contributed by atoms with Gasteiger partial charge in [0.1, 0.15) is 17.8 Å². The quantitative estimate of drug-likeness (QED) is 0.378. The average Bonchev–Trinajstić information content (AvgIpc) is 2.59. The molecule has 0 spiro atoms. The molecule has 0 fully saturated rings. The van der Waals surface area contributed by atoms with Gasteiger partial charge in [0.25, 0.3) is 0 Å². The SMILES string of the molecule is C[C@H](Nc1ccccc1)C(=O)N[C@@H](Cc1cc(I)c(O)c(I)c1)C(=O)O. The Morgan fingerprint density at radius 3 is 2.23 bits per heavy atom. The van der Waals surface area contributed by atoms with Gasteiger partial charge in [-0.15, -0.1) is 0 Å². The molecule has 8 heteroatoms. The summed E-state index contributed by atoms with van der Waals surface area (Å²) in [5.41, 5.74) is 1.51. The zero-order chi connectivity index (χ0) is 19.3. The van der Waals surface area contributed by atoms with E-state index in [1.165, 1.54) is 0 Å². The Morgan fingerprint density at radius 1 is 1.12 bits per heavy atom. The van der Waals surface area contributed by atoms with Crippen LogP contribution in [0.5, 0.6) is 5.75 Å². The van der Waals surface area contributed by atoms with Gasteiger partial charge in [-0.25, -0.2) is 4.79 Å². The van der Waals surface area contributed by atoms with Crippen LogP contribution < -0.4 is 10.6 Å². The number of nitrogens with one attached hydrogen (secondary N) is 2. The highest BCUT2D eigenvalue weighted by Crippen LogP contribution is 2.27. The molecule has 26 heavy (non-hydrogen) atoms. The van der Waals surface area contributed by atoms with Crippen LogP contribution in [0.3, 0.4) is 0 Å². The van der Waals surface area contributed by atoms with Crippen molar-refractivity contribution in [1.29, 1.82) is 0 Å². The lowest BCUT2D eigenvalue weighted by Gasteiger charge is -2.20. The molecule has 2 aromatic carbocycles. The molecule has 0 heterocycles. The molecule has 2 aromatic rings. The summed E-state index contributed by atoms with van der Waals surface area (Å²) in [6.07, 6.45) is 0.130.